The van der Waals surface area contributed by atoms with Crippen LogP contribution in [0.25, 0.3) is 0 Å². The van der Waals surface area contributed by atoms with Gasteiger partial charge in [0.15, 0.2) is 0 Å². The third-order valence-corrected chi connectivity index (χ3v) is 2.53. The largest absolute Gasteiger partial charge is 0.469 e. The maximum Gasteiger partial charge on any atom is 0.406 e. The number of halogens is 3. The van der Waals surface area contributed by atoms with Gasteiger partial charge in [-0.05, 0) is 19.4 Å². The van der Waals surface area contributed by atoms with Crippen molar-refractivity contribution in [3.8, 4) is 0 Å². The number of alkyl halides is 3. The molecule has 0 spiro atoms. The van der Waals surface area contributed by atoms with Gasteiger partial charge in [-0.25, -0.2) is 0 Å². The normalized spacial score (nSPS) is 11.6. The molecule has 0 aliphatic heterocycles. The molecular formula is C12H16F3NO2. The van der Waals surface area contributed by atoms with Crippen LogP contribution in [0.3, 0.4) is 0 Å². The van der Waals surface area contributed by atoms with Gasteiger partial charge in [0.1, 0.15) is 12.3 Å². The van der Waals surface area contributed by atoms with Gasteiger partial charge in [0, 0.05) is 6.54 Å². The van der Waals surface area contributed by atoms with Gasteiger partial charge in [-0.1, -0.05) is 13.3 Å². The van der Waals surface area contributed by atoms with Crippen LogP contribution in [0.2, 0.25) is 0 Å². The van der Waals surface area contributed by atoms with Crippen LogP contribution in [0, 0.1) is 6.92 Å². The Morgan fingerprint density at radius 1 is 1.44 bits per heavy atom. The van der Waals surface area contributed by atoms with Gasteiger partial charge in [-0.2, -0.15) is 13.2 Å². The summed E-state index contributed by atoms with van der Waals surface area (Å²) in [5.74, 6) is -0.296. The summed E-state index contributed by atoms with van der Waals surface area (Å²) in [7, 11) is 0. The molecule has 1 aromatic rings. The van der Waals surface area contributed by atoms with Gasteiger partial charge in [0.25, 0.3) is 5.91 Å². The van der Waals surface area contributed by atoms with Crippen molar-refractivity contribution in [2.24, 2.45) is 0 Å². The maximum absolute atomic E-state index is 12.4. The minimum absolute atomic E-state index is 0.0967. The Morgan fingerprint density at radius 2 is 2.11 bits per heavy atom. The fourth-order valence-electron chi connectivity index (χ4n) is 1.59. The first-order chi connectivity index (χ1) is 8.35. The van der Waals surface area contributed by atoms with Gasteiger partial charge in [0.2, 0.25) is 0 Å². The zero-order valence-corrected chi connectivity index (χ0v) is 10.4. The molecule has 1 rings (SSSR count). The molecule has 1 amide bonds. The van der Waals surface area contributed by atoms with Gasteiger partial charge in [-0.3, -0.25) is 4.79 Å². The summed E-state index contributed by atoms with van der Waals surface area (Å²) in [5.41, 5.74) is 0.190. The highest BCUT2D eigenvalue weighted by Crippen LogP contribution is 2.20. The van der Waals surface area contributed by atoms with E-state index in [1.807, 2.05) is 6.92 Å². The first-order valence-corrected chi connectivity index (χ1v) is 5.75. The Hall–Kier alpha value is -1.46. The molecule has 18 heavy (non-hydrogen) atoms. The van der Waals surface area contributed by atoms with E-state index in [9.17, 15) is 18.0 Å². The summed E-state index contributed by atoms with van der Waals surface area (Å²) in [5, 5.41) is 0. The van der Waals surface area contributed by atoms with Crippen LogP contribution in [0.4, 0.5) is 13.2 Å². The average Bonchev–Trinajstić information content (AvgIpc) is 2.68. The number of nitrogens with zero attached hydrogens (tertiary/aromatic N) is 1. The highest BCUT2D eigenvalue weighted by atomic mass is 19.4. The topological polar surface area (TPSA) is 33.5 Å². The second-order valence-electron chi connectivity index (χ2n) is 4.09. The molecule has 0 unspecified atom stereocenters. The molecular weight excluding hydrogens is 247 g/mol. The van der Waals surface area contributed by atoms with E-state index in [1.54, 1.807) is 6.92 Å². The minimum atomic E-state index is -4.39. The second-order valence-corrected chi connectivity index (χ2v) is 4.09. The molecule has 0 aromatic carbocycles. The first kappa shape index (κ1) is 14.6. The summed E-state index contributed by atoms with van der Waals surface area (Å²) in [6.07, 6.45) is -1.82. The SMILES string of the molecule is CCCCN(CC(F)(F)F)C(=O)c1ccoc1C. The summed E-state index contributed by atoms with van der Waals surface area (Å²) < 4.78 is 42.2. The van der Waals surface area contributed by atoms with E-state index in [-0.39, 0.29) is 12.1 Å². The zero-order valence-electron chi connectivity index (χ0n) is 10.4. The summed E-state index contributed by atoms with van der Waals surface area (Å²) in [6.45, 7) is 2.29. The molecule has 0 atom stereocenters. The molecule has 1 aromatic heterocycles. The summed E-state index contributed by atoms with van der Waals surface area (Å²) >= 11 is 0. The lowest BCUT2D eigenvalue weighted by Gasteiger charge is -2.23. The number of hydrogen-bond donors (Lipinski definition) is 0. The van der Waals surface area contributed by atoms with Gasteiger partial charge in [0.05, 0.1) is 11.8 Å². The predicted octanol–water partition coefficient (Wildman–Crippen LogP) is 3.39. The lowest BCUT2D eigenvalue weighted by molar-refractivity contribution is -0.140. The number of rotatable bonds is 5. The highest BCUT2D eigenvalue weighted by molar-refractivity contribution is 5.95. The van der Waals surface area contributed by atoms with Crippen molar-refractivity contribution in [3.63, 3.8) is 0 Å². The van der Waals surface area contributed by atoms with Gasteiger partial charge >= 0.3 is 6.18 Å². The quantitative estimate of drug-likeness (QED) is 0.815. The van der Waals surface area contributed by atoms with E-state index in [0.717, 1.165) is 11.3 Å². The van der Waals surface area contributed by atoms with Gasteiger partial charge in [-0.15, -0.1) is 0 Å². The number of aryl methyl sites for hydroxylation is 1. The lowest BCUT2D eigenvalue weighted by Crippen LogP contribution is -2.39. The fraction of sp³-hybridized carbons (Fsp3) is 0.583. The Morgan fingerprint density at radius 3 is 2.56 bits per heavy atom. The van der Waals surface area contributed by atoms with Crippen LogP contribution in [0.5, 0.6) is 0 Å². The number of carbonyl (C=O) groups is 1. The van der Waals surface area contributed by atoms with Crippen molar-refractivity contribution >= 4 is 5.91 Å². The standard InChI is InChI=1S/C12H16F3NO2/c1-3-4-6-16(8-12(13,14)15)11(17)10-5-7-18-9(10)2/h5,7H,3-4,6,8H2,1-2H3. The highest BCUT2D eigenvalue weighted by Gasteiger charge is 2.33. The smallest absolute Gasteiger partial charge is 0.406 e. The maximum atomic E-state index is 12.4. The molecule has 6 heteroatoms. The predicted molar refractivity (Wildman–Crippen MR) is 60.3 cm³/mol. The number of carbonyl (C=O) groups excluding carboxylic acids is 1. The summed E-state index contributed by atoms with van der Waals surface area (Å²) in [4.78, 5) is 12.8. The molecule has 0 saturated heterocycles. The number of amides is 1. The number of unbranched alkanes of at least 4 members (excludes halogenated alkanes) is 1. The Kier molecular flexibility index (Phi) is 4.81. The number of furan rings is 1. The lowest BCUT2D eigenvalue weighted by atomic mass is 10.2. The van der Waals surface area contributed by atoms with Crippen LogP contribution < -0.4 is 0 Å². The zero-order chi connectivity index (χ0) is 13.8. The van der Waals surface area contributed by atoms with E-state index < -0.39 is 18.6 Å². The van der Waals surface area contributed by atoms with E-state index in [2.05, 4.69) is 0 Å². The minimum Gasteiger partial charge on any atom is -0.469 e. The average molecular weight is 263 g/mol. The van der Waals surface area contributed by atoms with E-state index >= 15 is 0 Å². The second kappa shape index (κ2) is 5.93. The molecule has 102 valence electrons. The molecule has 3 nitrogen and oxygen atoms in total. The molecule has 0 bridgehead atoms. The van der Waals surface area contributed by atoms with Crippen molar-refractivity contribution in [3.05, 3.63) is 23.7 Å². The Balaban J connectivity index is 2.82. The van der Waals surface area contributed by atoms with Crippen molar-refractivity contribution in [1.82, 2.24) is 4.90 Å². The number of hydrogen-bond acceptors (Lipinski definition) is 2. The molecule has 0 saturated carbocycles. The van der Waals surface area contributed by atoms with E-state index in [1.165, 1.54) is 12.3 Å². The van der Waals surface area contributed by atoms with Crippen molar-refractivity contribution in [1.29, 1.82) is 0 Å². The van der Waals surface area contributed by atoms with E-state index in [0.29, 0.717) is 12.2 Å². The molecule has 0 radical (unpaired) electrons. The van der Waals surface area contributed by atoms with Crippen molar-refractivity contribution in [2.45, 2.75) is 32.9 Å². The van der Waals surface area contributed by atoms with Crippen LogP contribution in [-0.4, -0.2) is 30.1 Å². The van der Waals surface area contributed by atoms with Crippen LogP contribution >= 0.6 is 0 Å². The Labute approximate surface area is 104 Å². The molecule has 0 aliphatic rings. The van der Waals surface area contributed by atoms with Crippen molar-refractivity contribution < 1.29 is 22.4 Å². The third-order valence-electron chi connectivity index (χ3n) is 2.53. The molecule has 1 heterocycles. The van der Waals surface area contributed by atoms with Crippen molar-refractivity contribution in [2.75, 3.05) is 13.1 Å². The van der Waals surface area contributed by atoms with Gasteiger partial charge < -0.3 is 9.32 Å². The molecule has 0 fully saturated rings. The van der Waals surface area contributed by atoms with Crippen LogP contribution in [0.15, 0.2) is 16.7 Å². The summed E-state index contributed by atoms with van der Waals surface area (Å²) in [6, 6.07) is 1.40. The molecule has 0 N–H and O–H groups in total. The molecule has 0 aliphatic carbocycles. The van der Waals surface area contributed by atoms with Crippen LogP contribution in [0.1, 0.15) is 35.9 Å². The third kappa shape index (κ3) is 4.09. The van der Waals surface area contributed by atoms with Crippen LogP contribution in [-0.2, 0) is 0 Å². The van der Waals surface area contributed by atoms with E-state index in [4.69, 9.17) is 4.42 Å². The Bertz CT molecular complexity index is 398. The first-order valence-electron chi connectivity index (χ1n) is 5.75. The fourth-order valence-corrected chi connectivity index (χ4v) is 1.59. The monoisotopic (exact) mass is 263 g/mol.